The van der Waals surface area contributed by atoms with E-state index in [4.69, 9.17) is 19.5 Å². The molecule has 0 amide bonds. The smallest absolute Gasteiger partial charge is 1.00 e. The number of aliphatic imine (C=N–C) groups is 2. The van der Waals surface area contributed by atoms with Crippen molar-refractivity contribution in [1.29, 1.82) is 0 Å². The molecule has 4 rings (SSSR count). The summed E-state index contributed by atoms with van der Waals surface area (Å²) in [4.78, 5) is 9.76. The molecule has 0 aromatic rings. The van der Waals surface area contributed by atoms with Crippen LogP contribution in [0.5, 0.6) is 0 Å². The number of hydrogen-bond acceptors (Lipinski definition) is 4. The van der Waals surface area contributed by atoms with Crippen molar-refractivity contribution in [3.05, 3.63) is 0 Å². The summed E-state index contributed by atoms with van der Waals surface area (Å²) >= 11 is 0. The maximum Gasteiger partial charge on any atom is 2.00 e. The van der Waals surface area contributed by atoms with Gasteiger partial charge in [0.05, 0.1) is 18.5 Å². The van der Waals surface area contributed by atoms with Crippen molar-refractivity contribution in [2.45, 2.75) is 121 Å². The molecule has 164 valence electrons. The van der Waals surface area contributed by atoms with Crippen molar-refractivity contribution < 1.29 is 63.9 Å². The van der Waals surface area contributed by atoms with Gasteiger partial charge in [0.15, 0.2) is 11.8 Å². The summed E-state index contributed by atoms with van der Waals surface area (Å²) in [6.45, 7) is 4.45. The van der Waals surface area contributed by atoms with Gasteiger partial charge in [-0.3, -0.25) is 0 Å². The Labute approximate surface area is 205 Å². The molecule has 0 bridgehead atoms. The van der Waals surface area contributed by atoms with E-state index in [1.165, 1.54) is 51.4 Å². The van der Waals surface area contributed by atoms with Crippen molar-refractivity contribution in [2.75, 3.05) is 0 Å². The van der Waals surface area contributed by atoms with Crippen LogP contribution in [0.15, 0.2) is 9.98 Å². The molecular formula is C21H34Br2N2O2Pd. The third-order valence-electron chi connectivity index (χ3n) is 7.04. The standard InChI is InChI=1S/C21H34N2O2.2BrH.Pd/c1-16-20(11-7-3-4-8-12-20)24-18(22-16)15-19-23-17(2)21(25-19)13-9-5-6-10-14-21;;;/h16-17H,3-15H2,1-2H3;2*1H;/q;;;+2/p-2/t16-,17-;;;/m1.../s1. The summed E-state index contributed by atoms with van der Waals surface area (Å²) in [6.07, 6.45) is 15.7. The Bertz CT molecular complexity index is 507. The van der Waals surface area contributed by atoms with Crippen LogP contribution in [0.1, 0.15) is 97.3 Å². The average molecular weight is 613 g/mol. The Morgan fingerprint density at radius 1 is 0.679 bits per heavy atom. The molecule has 2 aliphatic carbocycles. The van der Waals surface area contributed by atoms with E-state index >= 15 is 0 Å². The van der Waals surface area contributed by atoms with Gasteiger partial charge < -0.3 is 43.4 Å². The molecule has 4 aliphatic rings. The molecule has 0 aromatic carbocycles. The largest absolute Gasteiger partial charge is 2.00 e. The van der Waals surface area contributed by atoms with Gasteiger partial charge in [-0.25, -0.2) is 9.98 Å². The molecule has 2 heterocycles. The fourth-order valence-corrected chi connectivity index (χ4v) is 5.35. The maximum atomic E-state index is 6.47. The summed E-state index contributed by atoms with van der Waals surface area (Å²) in [7, 11) is 0. The number of ether oxygens (including phenoxy) is 2. The Morgan fingerprint density at radius 3 is 1.32 bits per heavy atom. The van der Waals surface area contributed by atoms with E-state index in [0.29, 0.717) is 6.42 Å². The van der Waals surface area contributed by atoms with Crippen LogP contribution in [0.25, 0.3) is 0 Å². The second kappa shape index (κ2) is 11.3. The quantitative estimate of drug-likeness (QED) is 0.384. The van der Waals surface area contributed by atoms with Gasteiger partial charge in [-0.05, 0) is 65.2 Å². The van der Waals surface area contributed by atoms with Crippen LogP contribution in [-0.2, 0) is 29.9 Å². The SMILES string of the molecule is C[C@H]1N=C(CC2=N[C@H](C)C3(CCCCCC3)O2)OC12CCCCCC2.[Br-].[Br-].[Pd+2]. The first-order valence-electron chi connectivity index (χ1n) is 10.6. The van der Waals surface area contributed by atoms with E-state index in [0.717, 1.165) is 37.5 Å². The predicted octanol–water partition coefficient (Wildman–Crippen LogP) is -0.798. The van der Waals surface area contributed by atoms with Crippen LogP contribution in [0.3, 0.4) is 0 Å². The van der Waals surface area contributed by atoms with Crippen LogP contribution in [-0.4, -0.2) is 35.1 Å². The summed E-state index contributed by atoms with van der Waals surface area (Å²) < 4.78 is 12.9. The van der Waals surface area contributed by atoms with Gasteiger partial charge in [0, 0.05) is 0 Å². The minimum Gasteiger partial charge on any atom is -1.00 e. The zero-order valence-electron chi connectivity index (χ0n) is 17.1. The minimum absolute atomic E-state index is 0. The first kappa shape index (κ1) is 26.6. The molecule has 2 spiro atoms. The number of nitrogens with zero attached hydrogens (tertiary/aromatic N) is 2. The van der Waals surface area contributed by atoms with Gasteiger partial charge in [0.1, 0.15) is 11.2 Å². The summed E-state index contributed by atoms with van der Waals surface area (Å²) in [5.74, 6) is 1.73. The molecule has 0 saturated heterocycles. The monoisotopic (exact) mass is 610 g/mol. The fraction of sp³-hybridized carbons (Fsp3) is 0.905. The molecular weight excluding hydrogens is 578 g/mol. The third kappa shape index (κ3) is 5.43. The van der Waals surface area contributed by atoms with Crippen molar-refractivity contribution in [3.8, 4) is 0 Å². The van der Waals surface area contributed by atoms with Crippen LogP contribution >= 0.6 is 0 Å². The molecule has 2 saturated carbocycles. The first-order valence-corrected chi connectivity index (χ1v) is 10.6. The minimum atomic E-state index is -0.0450. The molecule has 28 heavy (non-hydrogen) atoms. The third-order valence-corrected chi connectivity index (χ3v) is 7.04. The zero-order valence-corrected chi connectivity index (χ0v) is 21.9. The second-order valence-electron chi connectivity index (χ2n) is 8.74. The second-order valence-corrected chi connectivity index (χ2v) is 8.74. The van der Waals surface area contributed by atoms with Gasteiger partial charge in [-0.1, -0.05) is 25.7 Å². The number of rotatable bonds is 2. The molecule has 7 heteroatoms. The van der Waals surface area contributed by atoms with E-state index in [-0.39, 0.29) is 77.7 Å². The molecule has 4 nitrogen and oxygen atoms in total. The zero-order chi connectivity index (χ0) is 17.3. The van der Waals surface area contributed by atoms with Crippen molar-refractivity contribution in [1.82, 2.24) is 0 Å². The topological polar surface area (TPSA) is 43.2 Å². The van der Waals surface area contributed by atoms with E-state index in [2.05, 4.69) is 13.8 Å². The van der Waals surface area contributed by atoms with Crippen LogP contribution in [0.2, 0.25) is 0 Å². The Balaban J connectivity index is 0.00000131. The van der Waals surface area contributed by atoms with E-state index in [1.54, 1.807) is 0 Å². The van der Waals surface area contributed by atoms with Gasteiger partial charge in [0.2, 0.25) is 0 Å². The average Bonchev–Trinajstić information content (AvgIpc) is 2.85. The van der Waals surface area contributed by atoms with Gasteiger partial charge >= 0.3 is 20.4 Å². The summed E-state index contributed by atoms with van der Waals surface area (Å²) in [5.41, 5.74) is -0.0900. The summed E-state index contributed by atoms with van der Waals surface area (Å²) in [6, 6.07) is 0.540. The molecule has 0 radical (unpaired) electrons. The molecule has 0 unspecified atom stereocenters. The summed E-state index contributed by atoms with van der Waals surface area (Å²) in [5, 5.41) is 0. The molecule has 2 fully saturated rings. The van der Waals surface area contributed by atoms with Crippen LogP contribution in [0, 0.1) is 0 Å². The van der Waals surface area contributed by atoms with Crippen molar-refractivity contribution in [3.63, 3.8) is 0 Å². The van der Waals surface area contributed by atoms with E-state index in [9.17, 15) is 0 Å². The van der Waals surface area contributed by atoms with E-state index in [1.807, 2.05) is 0 Å². The van der Waals surface area contributed by atoms with Gasteiger partial charge in [-0.2, -0.15) is 0 Å². The predicted molar refractivity (Wildman–Crippen MR) is 101 cm³/mol. The van der Waals surface area contributed by atoms with E-state index < -0.39 is 0 Å². The molecule has 0 aromatic heterocycles. The van der Waals surface area contributed by atoms with Gasteiger partial charge in [0.25, 0.3) is 0 Å². The van der Waals surface area contributed by atoms with Gasteiger partial charge in [-0.15, -0.1) is 0 Å². The van der Waals surface area contributed by atoms with Crippen LogP contribution < -0.4 is 34.0 Å². The molecule has 2 atom stereocenters. The Hall–Kier alpha value is 0.562. The maximum absolute atomic E-state index is 6.47. The first-order chi connectivity index (χ1) is 12.1. The normalized spacial score (nSPS) is 30.4. The number of halogens is 2. The Morgan fingerprint density at radius 2 is 1.00 bits per heavy atom. The Kier molecular flexibility index (Phi) is 10.7. The number of hydrogen-bond donors (Lipinski definition) is 0. The molecule has 2 aliphatic heterocycles. The van der Waals surface area contributed by atoms with Crippen molar-refractivity contribution in [2.24, 2.45) is 9.98 Å². The molecule has 0 N–H and O–H groups in total. The fourth-order valence-electron chi connectivity index (χ4n) is 5.35. The van der Waals surface area contributed by atoms with Crippen molar-refractivity contribution >= 4 is 11.8 Å². The van der Waals surface area contributed by atoms with Crippen LogP contribution in [0.4, 0.5) is 0 Å².